The van der Waals surface area contributed by atoms with E-state index in [0.717, 1.165) is 44.9 Å². The molecule has 0 saturated heterocycles. The lowest BCUT2D eigenvalue weighted by molar-refractivity contribution is -0.120. The number of carbonyl (C=O) groups is 1. The lowest BCUT2D eigenvalue weighted by Gasteiger charge is -2.04. The highest BCUT2D eigenvalue weighted by Crippen LogP contribution is 2.26. The van der Waals surface area contributed by atoms with E-state index in [-0.39, 0.29) is 12.3 Å². The summed E-state index contributed by atoms with van der Waals surface area (Å²) in [4.78, 5) is 20.1. The third-order valence-corrected chi connectivity index (χ3v) is 5.85. The molecule has 0 radical (unpaired) electrons. The number of hydrogen-bond donors (Lipinski definition) is 2. The molecule has 0 aliphatic carbocycles. The second-order valence-corrected chi connectivity index (χ2v) is 7.95. The zero-order valence-electron chi connectivity index (χ0n) is 15.9. The number of methoxy groups -OCH3 is 1. The number of nitrogens with one attached hydrogen (secondary N) is 2. The number of rotatable bonds is 7. The van der Waals surface area contributed by atoms with Crippen molar-refractivity contribution in [2.45, 2.75) is 12.8 Å². The molecule has 0 spiro atoms. The Hall–Kier alpha value is -2.83. The Morgan fingerprint density at radius 1 is 1.24 bits per heavy atom. The predicted molar refractivity (Wildman–Crippen MR) is 118 cm³/mol. The number of carbonyl (C=O) groups excluding carboxylic acids is 1. The molecule has 2 heterocycles. The minimum atomic E-state index is -0.0329. The highest BCUT2D eigenvalue weighted by molar-refractivity contribution is 7.13. The zero-order valence-corrected chi connectivity index (χ0v) is 17.4. The maximum atomic E-state index is 12.3. The number of nitrogens with zero attached hydrogens (tertiary/aromatic N) is 1. The molecule has 2 aromatic carbocycles. The molecule has 4 aromatic rings. The van der Waals surface area contributed by atoms with Gasteiger partial charge in [0.15, 0.2) is 0 Å². The average molecular weight is 426 g/mol. The van der Waals surface area contributed by atoms with Gasteiger partial charge in [0, 0.05) is 39.6 Å². The van der Waals surface area contributed by atoms with Crippen LogP contribution in [0.3, 0.4) is 0 Å². The van der Waals surface area contributed by atoms with Gasteiger partial charge in [-0.25, -0.2) is 4.98 Å². The molecular formula is C22H20ClN3O2S. The second-order valence-electron chi connectivity index (χ2n) is 6.65. The van der Waals surface area contributed by atoms with Gasteiger partial charge in [-0.15, -0.1) is 11.3 Å². The van der Waals surface area contributed by atoms with Crippen molar-refractivity contribution in [2.24, 2.45) is 0 Å². The number of amides is 1. The number of aromatic nitrogens is 2. The number of ether oxygens (including phenoxy) is 1. The quantitative estimate of drug-likeness (QED) is 0.444. The second kappa shape index (κ2) is 8.68. The molecule has 0 saturated carbocycles. The van der Waals surface area contributed by atoms with Crippen molar-refractivity contribution >= 4 is 39.7 Å². The summed E-state index contributed by atoms with van der Waals surface area (Å²) in [6.07, 6.45) is 2.97. The molecule has 0 bridgehead atoms. The van der Waals surface area contributed by atoms with Gasteiger partial charge in [-0.05, 0) is 54.4 Å². The van der Waals surface area contributed by atoms with E-state index in [9.17, 15) is 4.79 Å². The van der Waals surface area contributed by atoms with Crippen LogP contribution in [0.15, 0.2) is 54.0 Å². The van der Waals surface area contributed by atoms with Gasteiger partial charge in [-0.2, -0.15) is 0 Å². The Kier molecular flexibility index (Phi) is 5.83. The SMILES string of the molecule is COc1ccc(-c2nc(CC(=O)NCCc3c[nH]c4ccc(Cl)cc34)cs2)cc1. The van der Waals surface area contributed by atoms with Crippen molar-refractivity contribution < 1.29 is 9.53 Å². The number of halogens is 1. The number of benzene rings is 2. The first-order valence-corrected chi connectivity index (χ1v) is 10.5. The summed E-state index contributed by atoms with van der Waals surface area (Å²) in [6.45, 7) is 0.563. The molecule has 29 heavy (non-hydrogen) atoms. The van der Waals surface area contributed by atoms with Gasteiger partial charge >= 0.3 is 0 Å². The van der Waals surface area contributed by atoms with E-state index in [4.69, 9.17) is 16.3 Å². The first kappa shape index (κ1) is 19.5. The largest absolute Gasteiger partial charge is 0.497 e. The summed E-state index contributed by atoms with van der Waals surface area (Å²) < 4.78 is 5.18. The first-order chi connectivity index (χ1) is 14.1. The maximum absolute atomic E-state index is 12.3. The lowest BCUT2D eigenvalue weighted by Crippen LogP contribution is -2.27. The van der Waals surface area contributed by atoms with Crippen molar-refractivity contribution in [3.8, 4) is 16.3 Å². The smallest absolute Gasteiger partial charge is 0.226 e. The van der Waals surface area contributed by atoms with Crippen molar-refractivity contribution in [1.82, 2.24) is 15.3 Å². The molecule has 4 rings (SSSR count). The molecule has 148 valence electrons. The first-order valence-electron chi connectivity index (χ1n) is 9.23. The zero-order chi connectivity index (χ0) is 20.2. The normalized spacial score (nSPS) is 11.0. The molecular weight excluding hydrogens is 406 g/mol. The average Bonchev–Trinajstić information content (AvgIpc) is 3.35. The summed E-state index contributed by atoms with van der Waals surface area (Å²) in [5.41, 5.74) is 3.97. The van der Waals surface area contributed by atoms with Gasteiger partial charge in [0.05, 0.1) is 19.2 Å². The number of thiazole rings is 1. The van der Waals surface area contributed by atoms with Crippen LogP contribution in [0.4, 0.5) is 0 Å². The molecule has 2 N–H and O–H groups in total. The number of H-pyrrole nitrogens is 1. The van der Waals surface area contributed by atoms with Crippen LogP contribution in [-0.4, -0.2) is 29.5 Å². The van der Waals surface area contributed by atoms with E-state index < -0.39 is 0 Å². The van der Waals surface area contributed by atoms with E-state index >= 15 is 0 Å². The highest BCUT2D eigenvalue weighted by atomic mass is 35.5. The number of hydrogen-bond acceptors (Lipinski definition) is 4. The van der Waals surface area contributed by atoms with Crippen LogP contribution in [0.1, 0.15) is 11.3 Å². The molecule has 5 nitrogen and oxygen atoms in total. The van der Waals surface area contributed by atoms with Gasteiger partial charge in [-0.3, -0.25) is 4.79 Å². The summed E-state index contributed by atoms with van der Waals surface area (Å²) in [6, 6.07) is 13.5. The van der Waals surface area contributed by atoms with Crippen LogP contribution < -0.4 is 10.1 Å². The van der Waals surface area contributed by atoms with Gasteiger partial charge < -0.3 is 15.0 Å². The Balaban J connectivity index is 1.31. The van der Waals surface area contributed by atoms with Gasteiger partial charge in [0.25, 0.3) is 0 Å². The topological polar surface area (TPSA) is 67.0 Å². The molecule has 2 aromatic heterocycles. The summed E-state index contributed by atoms with van der Waals surface area (Å²) in [5, 5.41) is 7.60. The Labute approximate surface area is 177 Å². The van der Waals surface area contributed by atoms with Gasteiger partial charge in [0.2, 0.25) is 5.91 Å². The third kappa shape index (κ3) is 4.60. The van der Waals surface area contributed by atoms with E-state index in [2.05, 4.69) is 15.3 Å². The molecule has 1 amide bonds. The minimum absolute atomic E-state index is 0.0329. The van der Waals surface area contributed by atoms with E-state index in [1.54, 1.807) is 7.11 Å². The fourth-order valence-electron chi connectivity index (χ4n) is 3.18. The number of aromatic amines is 1. The van der Waals surface area contributed by atoms with Crippen LogP contribution in [0.25, 0.3) is 21.5 Å². The minimum Gasteiger partial charge on any atom is -0.497 e. The van der Waals surface area contributed by atoms with Crippen LogP contribution in [0.5, 0.6) is 5.75 Å². The molecule has 0 fully saturated rings. The van der Waals surface area contributed by atoms with Crippen LogP contribution >= 0.6 is 22.9 Å². The fourth-order valence-corrected chi connectivity index (χ4v) is 4.17. The van der Waals surface area contributed by atoms with Crippen LogP contribution in [0.2, 0.25) is 5.02 Å². The fraction of sp³-hybridized carbons (Fsp3) is 0.182. The molecule has 7 heteroatoms. The Bertz CT molecular complexity index is 1130. The Morgan fingerprint density at radius 2 is 2.07 bits per heavy atom. The van der Waals surface area contributed by atoms with E-state index in [1.165, 1.54) is 11.3 Å². The Morgan fingerprint density at radius 3 is 2.86 bits per heavy atom. The standard InChI is InChI=1S/C22H20ClN3O2S/c1-28-18-5-2-14(3-6-18)22-26-17(13-29-22)11-21(27)24-9-8-15-12-25-20-7-4-16(23)10-19(15)20/h2-7,10,12-13,25H,8-9,11H2,1H3,(H,24,27). The monoisotopic (exact) mass is 425 g/mol. The molecule has 0 aliphatic heterocycles. The maximum Gasteiger partial charge on any atom is 0.226 e. The molecule has 0 atom stereocenters. The molecule has 0 unspecified atom stereocenters. The van der Waals surface area contributed by atoms with Crippen molar-refractivity contribution in [3.05, 3.63) is 70.3 Å². The van der Waals surface area contributed by atoms with Crippen LogP contribution in [0, 0.1) is 0 Å². The summed E-state index contributed by atoms with van der Waals surface area (Å²) >= 11 is 7.62. The van der Waals surface area contributed by atoms with Crippen molar-refractivity contribution in [1.29, 1.82) is 0 Å². The highest BCUT2D eigenvalue weighted by Gasteiger charge is 2.10. The predicted octanol–water partition coefficient (Wildman–Crippen LogP) is 4.85. The lowest BCUT2D eigenvalue weighted by atomic mass is 10.1. The summed E-state index contributed by atoms with van der Waals surface area (Å²) in [7, 11) is 1.64. The van der Waals surface area contributed by atoms with Gasteiger partial charge in [-0.1, -0.05) is 11.6 Å². The molecule has 0 aliphatic rings. The van der Waals surface area contributed by atoms with E-state index in [1.807, 2.05) is 54.0 Å². The van der Waals surface area contributed by atoms with Crippen molar-refractivity contribution in [2.75, 3.05) is 13.7 Å². The van der Waals surface area contributed by atoms with Crippen LogP contribution in [-0.2, 0) is 17.6 Å². The number of fused-ring (bicyclic) bond motifs is 1. The van der Waals surface area contributed by atoms with E-state index in [0.29, 0.717) is 11.6 Å². The van der Waals surface area contributed by atoms with Gasteiger partial charge in [0.1, 0.15) is 10.8 Å². The summed E-state index contributed by atoms with van der Waals surface area (Å²) in [5.74, 6) is 0.775. The van der Waals surface area contributed by atoms with Crippen molar-refractivity contribution in [3.63, 3.8) is 0 Å². The third-order valence-electron chi connectivity index (χ3n) is 4.68.